The van der Waals surface area contributed by atoms with Crippen molar-refractivity contribution in [2.24, 2.45) is 0 Å². The standard InChI is InChI=1S/C16H32N2O2/c1-3-9-17-11-14-7-8-16(20-14)13-18(2)12-15-6-4-5-10-19-15/h14-17H,3-13H2,1-2H3. The highest BCUT2D eigenvalue weighted by molar-refractivity contribution is 4.78. The van der Waals surface area contributed by atoms with E-state index in [-0.39, 0.29) is 0 Å². The molecule has 3 unspecified atom stereocenters. The number of nitrogens with one attached hydrogen (secondary N) is 1. The van der Waals surface area contributed by atoms with Crippen molar-refractivity contribution in [1.29, 1.82) is 0 Å². The Hall–Kier alpha value is -0.160. The zero-order valence-corrected chi connectivity index (χ0v) is 13.3. The summed E-state index contributed by atoms with van der Waals surface area (Å²) in [6, 6.07) is 0. The minimum absolute atomic E-state index is 0.414. The van der Waals surface area contributed by atoms with E-state index in [1.165, 1.54) is 38.5 Å². The van der Waals surface area contributed by atoms with Gasteiger partial charge in [-0.3, -0.25) is 0 Å². The molecular formula is C16H32N2O2. The molecule has 2 aliphatic rings. The lowest BCUT2D eigenvalue weighted by Gasteiger charge is -2.28. The van der Waals surface area contributed by atoms with Gasteiger partial charge in [0.15, 0.2) is 0 Å². The molecule has 4 nitrogen and oxygen atoms in total. The van der Waals surface area contributed by atoms with Crippen molar-refractivity contribution < 1.29 is 9.47 Å². The first-order valence-corrected chi connectivity index (χ1v) is 8.44. The van der Waals surface area contributed by atoms with Gasteiger partial charge >= 0.3 is 0 Å². The second kappa shape index (κ2) is 8.98. The maximum absolute atomic E-state index is 6.12. The van der Waals surface area contributed by atoms with E-state index in [2.05, 4.69) is 24.2 Å². The fourth-order valence-electron chi connectivity index (χ4n) is 3.23. The van der Waals surface area contributed by atoms with E-state index in [4.69, 9.17) is 9.47 Å². The molecule has 2 rings (SSSR count). The lowest BCUT2D eigenvalue weighted by molar-refractivity contribution is -0.0167. The van der Waals surface area contributed by atoms with Gasteiger partial charge in [0, 0.05) is 26.2 Å². The van der Waals surface area contributed by atoms with Crippen molar-refractivity contribution in [1.82, 2.24) is 10.2 Å². The number of likely N-dealkylation sites (N-methyl/N-ethyl adjacent to an activating group) is 1. The van der Waals surface area contributed by atoms with Gasteiger partial charge in [0.1, 0.15) is 0 Å². The smallest absolute Gasteiger partial charge is 0.0707 e. The van der Waals surface area contributed by atoms with Crippen LogP contribution in [0.15, 0.2) is 0 Å². The minimum atomic E-state index is 0.414. The molecule has 3 atom stereocenters. The molecule has 4 heteroatoms. The van der Waals surface area contributed by atoms with E-state index in [1.54, 1.807) is 0 Å². The average molecular weight is 284 g/mol. The number of hydrogen-bond acceptors (Lipinski definition) is 4. The molecular weight excluding hydrogens is 252 g/mol. The van der Waals surface area contributed by atoms with E-state index in [0.29, 0.717) is 18.3 Å². The normalized spacial score (nSPS) is 31.1. The van der Waals surface area contributed by atoms with Gasteiger partial charge < -0.3 is 19.7 Å². The Bertz CT molecular complexity index is 257. The van der Waals surface area contributed by atoms with Gasteiger partial charge in [0.2, 0.25) is 0 Å². The highest BCUT2D eigenvalue weighted by atomic mass is 16.5. The summed E-state index contributed by atoms with van der Waals surface area (Å²) >= 11 is 0. The van der Waals surface area contributed by atoms with Gasteiger partial charge in [-0.15, -0.1) is 0 Å². The molecule has 2 heterocycles. The topological polar surface area (TPSA) is 33.7 Å². The molecule has 2 fully saturated rings. The Morgan fingerprint density at radius 3 is 2.60 bits per heavy atom. The summed E-state index contributed by atoms with van der Waals surface area (Å²) in [5.41, 5.74) is 0. The van der Waals surface area contributed by atoms with Crippen molar-refractivity contribution in [3.05, 3.63) is 0 Å². The van der Waals surface area contributed by atoms with Crippen LogP contribution in [0.5, 0.6) is 0 Å². The van der Waals surface area contributed by atoms with Crippen molar-refractivity contribution in [3.8, 4) is 0 Å². The van der Waals surface area contributed by atoms with Crippen molar-refractivity contribution in [3.63, 3.8) is 0 Å². The van der Waals surface area contributed by atoms with Crippen LogP contribution >= 0.6 is 0 Å². The van der Waals surface area contributed by atoms with Crippen molar-refractivity contribution >= 4 is 0 Å². The quantitative estimate of drug-likeness (QED) is 0.692. The van der Waals surface area contributed by atoms with Crippen molar-refractivity contribution in [2.75, 3.05) is 39.8 Å². The molecule has 0 saturated carbocycles. The lowest BCUT2D eigenvalue weighted by Crippen LogP contribution is -2.38. The number of rotatable bonds is 8. The SMILES string of the molecule is CCCNCC1CCC(CN(C)CC2CCCCO2)O1. The molecule has 2 aliphatic heterocycles. The number of nitrogens with zero attached hydrogens (tertiary/aromatic N) is 1. The molecule has 0 spiro atoms. The molecule has 0 aromatic rings. The van der Waals surface area contributed by atoms with Crippen LogP contribution in [0.1, 0.15) is 45.4 Å². The Labute approximate surface area is 124 Å². The average Bonchev–Trinajstić information content (AvgIpc) is 2.87. The van der Waals surface area contributed by atoms with E-state index >= 15 is 0 Å². The highest BCUT2D eigenvalue weighted by Crippen LogP contribution is 2.20. The van der Waals surface area contributed by atoms with Crippen LogP contribution in [0.3, 0.4) is 0 Å². The second-order valence-electron chi connectivity index (χ2n) is 6.37. The largest absolute Gasteiger partial charge is 0.377 e. The van der Waals surface area contributed by atoms with Gasteiger partial charge in [-0.25, -0.2) is 0 Å². The zero-order valence-electron chi connectivity index (χ0n) is 13.3. The molecule has 0 radical (unpaired) electrons. The Balaban J connectivity index is 1.58. The second-order valence-corrected chi connectivity index (χ2v) is 6.37. The summed E-state index contributed by atoms with van der Waals surface area (Å²) in [4.78, 5) is 2.39. The van der Waals surface area contributed by atoms with Crippen molar-refractivity contribution in [2.45, 2.75) is 63.8 Å². The summed E-state index contributed by atoms with van der Waals surface area (Å²) in [6.07, 6.45) is 8.66. The monoisotopic (exact) mass is 284 g/mol. The fourth-order valence-corrected chi connectivity index (χ4v) is 3.23. The Morgan fingerprint density at radius 2 is 1.85 bits per heavy atom. The summed E-state index contributed by atoms with van der Waals surface area (Å²) in [6.45, 7) is 7.36. The molecule has 0 bridgehead atoms. The number of ether oxygens (including phenoxy) is 2. The zero-order chi connectivity index (χ0) is 14.2. The third kappa shape index (κ3) is 5.68. The van der Waals surface area contributed by atoms with E-state index in [1.807, 2.05) is 0 Å². The molecule has 1 N–H and O–H groups in total. The molecule has 20 heavy (non-hydrogen) atoms. The molecule has 0 aliphatic carbocycles. The van der Waals surface area contributed by atoms with Crippen LogP contribution in [-0.4, -0.2) is 63.0 Å². The van der Waals surface area contributed by atoms with Gasteiger partial charge in [0.25, 0.3) is 0 Å². The van der Waals surface area contributed by atoms with Gasteiger partial charge in [-0.05, 0) is 52.1 Å². The number of hydrogen-bond donors (Lipinski definition) is 1. The van der Waals surface area contributed by atoms with Crippen LogP contribution in [0.25, 0.3) is 0 Å². The molecule has 0 amide bonds. The third-order valence-corrected chi connectivity index (χ3v) is 4.30. The van der Waals surface area contributed by atoms with Gasteiger partial charge in [-0.1, -0.05) is 6.92 Å². The Kier molecular flexibility index (Phi) is 7.28. The minimum Gasteiger partial charge on any atom is -0.377 e. The first kappa shape index (κ1) is 16.2. The van der Waals surface area contributed by atoms with Crippen LogP contribution in [0.4, 0.5) is 0 Å². The van der Waals surface area contributed by atoms with E-state index in [0.717, 1.165) is 32.8 Å². The Morgan fingerprint density at radius 1 is 1.05 bits per heavy atom. The van der Waals surface area contributed by atoms with E-state index < -0.39 is 0 Å². The van der Waals surface area contributed by atoms with Crippen LogP contribution < -0.4 is 5.32 Å². The van der Waals surface area contributed by atoms with Crippen LogP contribution in [0, 0.1) is 0 Å². The van der Waals surface area contributed by atoms with Crippen LogP contribution in [-0.2, 0) is 9.47 Å². The first-order chi connectivity index (χ1) is 9.78. The molecule has 0 aromatic heterocycles. The van der Waals surface area contributed by atoms with E-state index in [9.17, 15) is 0 Å². The summed E-state index contributed by atoms with van der Waals surface area (Å²) < 4.78 is 11.9. The predicted octanol–water partition coefficient (Wildman–Crippen LogP) is 2.03. The summed E-state index contributed by atoms with van der Waals surface area (Å²) in [5.74, 6) is 0. The first-order valence-electron chi connectivity index (χ1n) is 8.44. The summed E-state index contributed by atoms with van der Waals surface area (Å²) in [7, 11) is 2.20. The fraction of sp³-hybridized carbons (Fsp3) is 1.00. The molecule has 2 saturated heterocycles. The maximum Gasteiger partial charge on any atom is 0.0707 e. The summed E-state index contributed by atoms with van der Waals surface area (Å²) in [5, 5.41) is 3.46. The molecule has 118 valence electrons. The lowest BCUT2D eigenvalue weighted by atomic mass is 10.1. The third-order valence-electron chi connectivity index (χ3n) is 4.30. The van der Waals surface area contributed by atoms with Gasteiger partial charge in [-0.2, -0.15) is 0 Å². The highest BCUT2D eigenvalue weighted by Gasteiger charge is 2.26. The maximum atomic E-state index is 6.12. The van der Waals surface area contributed by atoms with Crippen LogP contribution in [0.2, 0.25) is 0 Å². The van der Waals surface area contributed by atoms with Gasteiger partial charge in [0.05, 0.1) is 18.3 Å². The predicted molar refractivity (Wildman–Crippen MR) is 82.1 cm³/mol. The molecule has 0 aromatic carbocycles.